The molecule has 0 spiro atoms. The average molecular weight is 326 g/mol. The topological polar surface area (TPSA) is 38.3 Å². The summed E-state index contributed by atoms with van der Waals surface area (Å²) in [7, 11) is 0. The van der Waals surface area contributed by atoms with Gasteiger partial charge in [-0.15, -0.1) is 0 Å². The number of rotatable bonds is 1. The van der Waals surface area contributed by atoms with Gasteiger partial charge in [0.05, 0.1) is 4.47 Å². The molecule has 1 rings (SSSR count). The van der Waals surface area contributed by atoms with Crippen molar-refractivity contribution < 1.29 is 22.7 Å². The molecule has 1 aromatic carbocycles. The van der Waals surface area contributed by atoms with Crippen LogP contribution in [0.5, 0.6) is 0 Å². The van der Waals surface area contributed by atoms with E-state index in [4.69, 9.17) is 4.74 Å². The number of halogens is 4. The van der Waals surface area contributed by atoms with Crippen LogP contribution in [0.25, 0.3) is 0 Å². The summed E-state index contributed by atoms with van der Waals surface area (Å²) in [6.45, 7) is 4.75. The van der Waals surface area contributed by atoms with Crippen LogP contribution in [0.1, 0.15) is 20.8 Å². The maximum Gasteiger partial charge on any atom is 0.412 e. The fourth-order valence-electron chi connectivity index (χ4n) is 1.09. The zero-order valence-corrected chi connectivity index (χ0v) is 11.5. The number of carbonyl (C=O) groups is 1. The molecule has 1 amide bonds. The minimum absolute atomic E-state index is 0.368. The molecule has 0 unspecified atom stereocenters. The van der Waals surface area contributed by atoms with Gasteiger partial charge in [-0.1, -0.05) is 0 Å². The molecule has 100 valence electrons. The van der Waals surface area contributed by atoms with Gasteiger partial charge in [0.15, 0.2) is 17.5 Å². The molecule has 1 N–H and O–H groups in total. The molecular formula is C11H11BrF3NO2. The van der Waals surface area contributed by atoms with Gasteiger partial charge in [-0.05, 0) is 42.8 Å². The monoisotopic (exact) mass is 325 g/mol. The second-order valence-corrected chi connectivity index (χ2v) is 5.32. The van der Waals surface area contributed by atoms with Crippen molar-refractivity contribution in [2.45, 2.75) is 26.4 Å². The Balaban J connectivity index is 2.99. The van der Waals surface area contributed by atoms with Gasteiger partial charge in [-0.2, -0.15) is 0 Å². The molecule has 0 atom stereocenters. The van der Waals surface area contributed by atoms with Gasteiger partial charge in [0, 0.05) is 0 Å². The van der Waals surface area contributed by atoms with E-state index in [1.807, 2.05) is 5.32 Å². The second-order valence-electron chi connectivity index (χ2n) is 4.47. The van der Waals surface area contributed by atoms with Gasteiger partial charge < -0.3 is 4.74 Å². The van der Waals surface area contributed by atoms with Crippen molar-refractivity contribution >= 4 is 27.7 Å². The smallest absolute Gasteiger partial charge is 0.412 e. The van der Waals surface area contributed by atoms with E-state index in [1.54, 1.807) is 20.8 Å². The third kappa shape index (κ3) is 3.63. The van der Waals surface area contributed by atoms with Crippen molar-refractivity contribution in [3.63, 3.8) is 0 Å². The average Bonchev–Trinajstić information content (AvgIpc) is 2.19. The summed E-state index contributed by atoms with van der Waals surface area (Å²) in [6.07, 6.45) is -1.07. The van der Waals surface area contributed by atoms with Gasteiger partial charge in [0.2, 0.25) is 0 Å². The lowest BCUT2D eigenvalue weighted by Crippen LogP contribution is -2.28. The van der Waals surface area contributed by atoms with E-state index in [9.17, 15) is 18.0 Å². The Morgan fingerprint density at radius 2 is 1.83 bits per heavy atom. The van der Waals surface area contributed by atoms with E-state index in [1.165, 1.54) is 0 Å². The third-order valence-corrected chi connectivity index (χ3v) is 2.32. The summed E-state index contributed by atoms with van der Waals surface area (Å²) in [5.41, 5.74) is -1.71. The zero-order valence-electron chi connectivity index (χ0n) is 9.91. The Bertz CT molecular complexity index is 486. The van der Waals surface area contributed by atoms with Crippen LogP contribution in [0.15, 0.2) is 10.5 Å². The highest BCUT2D eigenvalue weighted by molar-refractivity contribution is 9.10. The minimum atomic E-state index is -1.49. The molecule has 0 saturated heterocycles. The SMILES string of the molecule is CC(C)(C)OC(=O)Nc1c(F)cc(Br)c(F)c1F. The molecule has 0 fully saturated rings. The first-order valence-corrected chi connectivity index (χ1v) is 5.74. The first-order chi connectivity index (χ1) is 8.11. The zero-order chi connectivity index (χ0) is 14.1. The van der Waals surface area contributed by atoms with Gasteiger partial charge >= 0.3 is 6.09 Å². The molecule has 3 nitrogen and oxygen atoms in total. The number of ether oxygens (including phenoxy) is 1. The van der Waals surface area contributed by atoms with Gasteiger partial charge in [0.1, 0.15) is 11.3 Å². The highest BCUT2D eigenvalue weighted by atomic mass is 79.9. The van der Waals surface area contributed by atoms with Gasteiger partial charge in [-0.3, -0.25) is 5.32 Å². The van der Waals surface area contributed by atoms with E-state index < -0.39 is 34.8 Å². The molecule has 0 saturated carbocycles. The minimum Gasteiger partial charge on any atom is -0.444 e. The lowest BCUT2D eigenvalue weighted by Gasteiger charge is -2.20. The molecule has 0 aromatic heterocycles. The number of nitrogens with one attached hydrogen (secondary N) is 1. The molecule has 7 heteroatoms. The maximum atomic E-state index is 13.4. The first-order valence-electron chi connectivity index (χ1n) is 4.95. The van der Waals surface area contributed by atoms with Crippen molar-refractivity contribution in [3.8, 4) is 0 Å². The number of amides is 1. The highest BCUT2D eigenvalue weighted by Gasteiger charge is 2.22. The largest absolute Gasteiger partial charge is 0.444 e. The number of benzene rings is 1. The van der Waals surface area contributed by atoms with E-state index in [0.717, 1.165) is 0 Å². The molecule has 0 radical (unpaired) electrons. The molecule has 0 aliphatic heterocycles. The predicted octanol–water partition coefficient (Wildman–Crippen LogP) is 4.21. The van der Waals surface area contributed by atoms with Crippen molar-refractivity contribution in [1.29, 1.82) is 0 Å². The number of hydrogen-bond donors (Lipinski definition) is 1. The Morgan fingerprint density at radius 1 is 1.28 bits per heavy atom. The van der Waals surface area contributed by atoms with Crippen LogP contribution in [0.2, 0.25) is 0 Å². The van der Waals surface area contributed by atoms with Crippen LogP contribution in [-0.4, -0.2) is 11.7 Å². The lowest BCUT2D eigenvalue weighted by molar-refractivity contribution is 0.0634. The highest BCUT2D eigenvalue weighted by Crippen LogP contribution is 2.28. The molecule has 0 bridgehead atoms. The molecule has 18 heavy (non-hydrogen) atoms. The van der Waals surface area contributed by atoms with E-state index in [0.29, 0.717) is 6.07 Å². The Labute approximate surface area is 110 Å². The van der Waals surface area contributed by atoms with Crippen LogP contribution >= 0.6 is 15.9 Å². The summed E-state index contributed by atoms with van der Waals surface area (Å²) in [4.78, 5) is 11.3. The van der Waals surface area contributed by atoms with E-state index in [2.05, 4.69) is 15.9 Å². The summed E-state index contributed by atoms with van der Waals surface area (Å²) in [5, 5.41) is 1.83. The summed E-state index contributed by atoms with van der Waals surface area (Å²) < 4.78 is 44.4. The number of anilines is 1. The second kappa shape index (κ2) is 5.17. The molecule has 0 aliphatic rings. The fraction of sp³-hybridized carbons (Fsp3) is 0.364. The normalized spacial score (nSPS) is 11.3. The van der Waals surface area contributed by atoms with E-state index >= 15 is 0 Å². The van der Waals surface area contributed by atoms with Crippen molar-refractivity contribution in [1.82, 2.24) is 0 Å². The summed E-state index contributed by atoms with van der Waals surface area (Å²) in [6, 6.07) is 0.713. The quantitative estimate of drug-likeness (QED) is 0.620. The van der Waals surface area contributed by atoms with Crippen LogP contribution < -0.4 is 5.32 Å². The van der Waals surface area contributed by atoms with Crippen LogP contribution in [0.3, 0.4) is 0 Å². The van der Waals surface area contributed by atoms with Gasteiger partial charge in [0.25, 0.3) is 0 Å². The number of hydrogen-bond acceptors (Lipinski definition) is 2. The maximum absolute atomic E-state index is 13.4. The van der Waals surface area contributed by atoms with Crippen molar-refractivity contribution in [3.05, 3.63) is 28.0 Å². The third-order valence-electron chi connectivity index (χ3n) is 1.74. The Morgan fingerprint density at radius 3 is 2.33 bits per heavy atom. The Hall–Kier alpha value is -1.24. The summed E-state index contributed by atoms with van der Waals surface area (Å²) >= 11 is 2.65. The van der Waals surface area contributed by atoms with Crippen molar-refractivity contribution in [2.24, 2.45) is 0 Å². The predicted molar refractivity (Wildman–Crippen MR) is 63.9 cm³/mol. The fourth-order valence-corrected chi connectivity index (χ4v) is 1.46. The standard InChI is InChI=1S/C11H11BrF3NO2/c1-11(2,3)18-10(17)16-9-6(13)4-5(12)7(14)8(9)15/h4H,1-3H3,(H,16,17). The first kappa shape index (κ1) is 14.8. The molecule has 0 heterocycles. The van der Waals surface area contributed by atoms with Gasteiger partial charge in [-0.25, -0.2) is 18.0 Å². The molecular weight excluding hydrogens is 315 g/mol. The van der Waals surface area contributed by atoms with Crippen molar-refractivity contribution in [2.75, 3.05) is 5.32 Å². The van der Waals surface area contributed by atoms with Crippen LogP contribution in [0.4, 0.5) is 23.7 Å². The summed E-state index contributed by atoms with van der Waals surface area (Å²) in [5.74, 6) is -3.89. The Kier molecular flexibility index (Phi) is 4.26. The van der Waals surface area contributed by atoms with Crippen LogP contribution in [-0.2, 0) is 4.74 Å². The van der Waals surface area contributed by atoms with E-state index in [-0.39, 0.29) is 4.47 Å². The number of carbonyl (C=O) groups excluding carboxylic acids is 1. The molecule has 0 aliphatic carbocycles. The van der Waals surface area contributed by atoms with Crippen LogP contribution in [0, 0.1) is 17.5 Å². The lowest BCUT2D eigenvalue weighted by atomic mass is 10.2. The molecule has 1 aromatic rings.